The van der Waals surface area contributed by atoms with Gasteiger partial charge in [0.1, 0.15) is 5.41 Å². The van der Waals surface area contributed by atoms with Gasteiger partial charge in [0.2, 0.25) is 0 Å². The molecule has 1 aromatic heterocycles. The first-order chi connectivity index (χ1) is 7.91. The van der Waals surface area contributed by atoms with Gasteiger partial charge in [-0.2, -0.15) is 0 Å². The molecule has 0 aliphatic carbocycles. The molecule has 0 unspecified atom stereocenters. The van der Waals surface area contributed by atoms with Gasteiger partial charge in [-0.3, -0.25) is 9.78 Å². The average molecular weight is 229 g/mol. The quantitative estimate of drug-likeness (QED) is 0.861. The Bertz CT molecular complexity index is 588. The summed E-state index contributed by atoms with van der Waals surface area (Å²) in [7, 11) is 0. The van der Waals surface area contributed by atoms with Crippen LogP contribution in [0, 0.1) is 6.92 Å². The Morgan fingerprint density at radius 1 is 1.24 bits per heavy atom. The van der Waals surface area contributed by atoms with Crippen molar-refractivity contribution in [3.05, 3.63) is 41.6 Å². The fraction of sp³-hybridized carbons (Fsp3) is 0.286. The fourth-order valence-corrected chi connectivity index (χ4v) is 1.70. The van der Waals surface area contributed by atoms with E-state index in [-0.39, 0.29) is 0 Å². The number of carboxylic acid groups (broad SMARTS) is 1. The first-order valence-corrected chi connectivity index (χ1v) is 5.52. The van der Waals surface area contributed by atoms with E-state index in [2.05, 4.69) is 4.98 Å². The normalized spacial score (nSPS) is 11.7. The van der Waals surface area contributed by atoms with Crippen molar-refractivity contribution < 1.29 is 9.90 Å². The third kappa shape index (κ3) is 2.00. The Morgan fingerprint density at radius 3 is 2.59 bits per heavy atom. The highest BCUT2D eigenvalue weighted by Gasteiger charge is 2.30. The lowest BCUT2D eigenvalue weighted by molar-refractivity contribution is -0.142. The van der Waals surface area contributed by atoms with Crippen LogP contribution < -0.4 is 0 Å². The molecule has 3 heteroatoms. The summed E-state index contributed by atoms with van der Waals surface area (Å²) < 4.78 is 0. The molecule has 2 aromatic rings. The van der Waals surface area contributed by atoms with Crippen LogP contribution in [0.2, 0.25) is 0 Å². The molecule has 0 aliphatic heterocycles. The molecule has 1 heterocycles. The minimum atomic E-state index is -0.959. The summed E-state index contributed by atoms with van der Waals surface area (Å²) in [5.41, 5.74) is 1.63. The zero-order valence-electron chi connectivity index (χ0n) is 10.2. The van der Waals surface area contributed by atoms with Gasteiger partial charge in [-0.1, -0.05) is 17.7 Å². The van der Waals surface area contributed by atoms with E-state index in [1.165, 1.54) is 5.56 Å². The molecule has 17 heavy (non-hydrogen) atoms. The first kappa shape index (κ1) is 11.6. The van der Waals surface area contributed by atoms with Gasteiger partial charge in [0.05, 0.1) is 11.2 Å². The predicted molar refractivity (Wildman–Crippen MR) is 67.1 cm³/mol. The number of carboxylic acids is 1. The molecule has 0 bridgehead atoms. The lowest BCUT2D eigenvalue weighted by Crippen LogP contribution is -2.29. The summed E-state index contributed by atoms with van der Waals surface area (Å²) in [5, 5.41) is 10.2. The van der Waals surface area contributed by atoms with E-state index in [9.17, 15) is 9.90 Å². The molecule has 3 nitrogen and oxygen atoms in total. The Labute approximate surface area is 100 Å². The lowest BCUT2D eigenvalue weighted by Gasteiger charge is -2.18. The van der Waals surface area contributed by atoms with Gasteiger partial charge in [0.25, 0.3) is 0 Å². The van der Waals surface area contributed by atoms with Crippen LogP contribution in [0.1, 0.15) is 25.1 Å². The first-order valence-electron chi connectivity index (χ1n) is 5.52. The van der Waals surface area contributed by atoms with E-state index in [4.69, 9.17) is 0 Å². The molecule has 0 spiro atoms. The Morgan fingerprint density at radius 2 is 1.94 bits per heavy atom. The highest BCUT2D eigenvalue weighted by molar-refractivity contribution is 5.83. The zero-order chi connectivity index (χ0) is 12.6. The number of hydrogen-bond acceptors (Lipinski definition) is 2. The predicted octanol–water partition coefficient (Wildman–Crippen LogP) is 2.91. The van der Waals surface area contributed by atoms with Crippen molar-refractivity contribution in [2.24, 2.45) is 0 Å². The molecule has 88 valence electrons. The van der Waals surface area contributed by atoms with Gasteiger partial charge in [-0.05, 0) is 39.0 Å². The smallest absolute Gasteiger partial charge is 0.315 e. The summed E-state index contributed by atoms with van der Waals surface area (Å²) in [6, 6.07) is 9.66. The van der Waals surface area contributed by atoms with Crippen molar-refractivity contribution in [2.45, 2.75) is 26.2 Å². The standard InChI is InChI=1S/C14H15NO2/c1-9-4-6-11-10(8-9)5-7-12(15-11)14(2,3)13(16)17/h4-8H,1-3H3,(H,16,17). The van der Waals surface area contributed by atoms with Crippen LogP contribution in [0.25, 0.3) is 10.9 Å². The van der Waals surface area contributed by atoms with Crippen molar-refractivity contribution >= 4 is 16.9 Å². The number of pyridine rings is 1. The molecule has 1 N–H and O–H groups in total. The van der Waals surface area contributed by atoms with Crippen molar-refractivity contribution in [1.29, 1.82) is 0 Å². The molecule has 0 amide bonds. The number of hydrogen-bond donors (Lipinski definition) is 1. The topological polar surface area (TPSA) is 50.2 Å². The van der Waals surface area contributed by atoms with Crippen molar-refractivity contribution in [1.82, 2.24) is 4.98 Å². The maximum atomic E-state index is 11.2. The summed E-state index contributed by atoms with van der Waals surface area (Å²) in [6.07, 6.45) is 0. The number of rotatable bonds is 2. The van der Waals surface area contributed by atoms with E-state index in [1.54, 1.807) is 19.9 Å². The second kappa shape index (κ2) is 3.84. The second-order valence-corrected chi connectivity index (χ2v) is 4.82. The molecule has 1 aromatic carbocycles. The third-order valence-electron chi connectivity index (χ3n) is 3.02. The molecule has 0 aliphatic rings. The number of aryl methyl sites for hydroxylation is 1. The minimum Gasteiger partial charge on any atom is -0.481 e. The maximum absolute atomic E-state index is 11.2. The van der Waals surface area contributed by atoms with Gasteiger partial charge in [0, 0.05) is 5.39 Å². The molecule has 0 saturated heterocycles. The SMILES string of the molecule is Cc1ccc2nc(C(C)(C)C(=O)O)ccc2c1. The highest BCUT2D eigenvalue weighted by Crippen LogP contribution is 2.24. The van der Waals surface area contributed by atoms with Crippen LogP contribution in [0.4, 0.5) is 0 Å². The van der Waals surface area contributed by atoms with E-state index in [0.29, 0.717) is 5.69 Å². The number of nitrogens with zero attached hydrogens (tertiary/aromatic N) is 1. The molecule has 0 radical (unpaired) electrons. The van der Waals surface area contributed by atoms with E-state index in [0.717, 1.165) is 10.9 Å². The highest BCUT2D eigenvalue weighted by atomic mass is 16.4. The van der Waals surface area contributed by atoms with Gasteiger partial charge in [0.15, 0.2) is 0 Å². The van der Waals surface area contributed by atoms with Crippen LogP contribution in [0.3, 0.4) is 0 Å². The Hall–Kier alpha value is -1.90. The molecular weight excluding hydrogens is 214 g/mol. The van der Waals surface area contributed by atoms with Crippen LogP contribution >= 0.6 is 0 Å². The maximum Gasteiger partial charge on any atom is 0.315 e. The van der Waals surface area contributed by atoms with E-state index < -0.39 is 11.4 Å². The number of benzene rings is 1. The molecule has 0 atom stereocenters. The molecule has 2 rings (SSSR count). The lowest BCUT2D eigenvalue weighted by atomic mass is 9.88. The van der Waals surface area contributed by atoms with E-state index >= 15 is 0 Å². The monoisotopic (exact) mass is 229 g/mol. The van der Waals surface area contributed by atoms with Crippen LogP contribution in [-0.2, 0) is 10.2 Å². The van der Waals surface area contributed by atoms with Crippen molar-refractivity contribution in [3.8, 4) is 0 Å². The second-order valence-electron chi connectivity index (χ2n) is 4.82. The third-order valence-corrected chi connectivity index (χ3v) is 3.02. The minimum absolute atomic E-state index is 0.585. The summed E-state index contributed by atoms with van der Waals surface area (Å²) >= 11 is 0. The summed E-state index contributed by atoms with van der Waals surface area (Å²) in [6.45, 7) is 5.35. The van der Waals surface area contributed by atoms with Gasteiger partial charge < -0.3 is 5.11 Å². The van der Waals surface area contributed by atoms with Crippen LogP contribution in [0.5, 0.6) is 0 Å². The largest absolute Gasteiger partial charge is 0.481 e. The summed E-state index contributed by atoms with van der Waals surface area (Å²) in [4.78, 5) is 15.6. The molecule has 0 fully saturated rings. The Balaban J connectivity index is 2.59. The average Bonchev–Trinajstić information content (AvgIpc) is 2.28. The molecular formula is C14H15NO2. The molecule has 0 saturated carbocycles. The van der Waals surface area contributed by atoms with Gasteiger partial charge >= 0.3 is 5.97 Å². The summed E-state index contributed by atoms with van der Waals surface area (Å²) in [5.74, 6) is -0.864. The number of aliphatic carboxylic acids is 1. The fourth-order valence-electron chi connectivity index (χ4n) is 1.70. The van der Waals surface area contributed by atoms with Gasteiger partial charge in [-0.15, -0.1) is 0 Å². The number of carbonyl (C=O) groups is 1. The zero-order valence-corrected chi connectivity index (χ0v) is 10.2. The van der Waals surface area contributed by atoms with Crippen LogP contribution in [0.15, 0.2) is 30.3 Å². The number of aromatic nitrogens is 1. The van der Waals surface area contributed by atoms with Crippen molar-refractivity contribution in [3.63, 3.8) is 0 Å². The van der Waals surface area contributed by atoms with Crippen LogP contribution in [-0.4, -0.2) is 16.1 Å². The number of fused-ring (bicyclic) bond motifs is 1. The van der Waals surface area contributed by atoms with Crippen molar-refractivity contribution in [2.75, 3.05) is 0 Å². The van der Waals surface area contributed by atoms with Gasteiger partial charge in [-0.25, -0.2) is 0 Å². The van der Waals surface area contributed by atoms with E-state index in [1.807, 2.05) is 31.2 Å². The Kier molecular flexibility index (Phi) is 2.62.